The Bertz CT molecular complexity index is 1450. The van der Waals surface area contributed by atoms with Gasteiger partial charge in [0.25, 0.3) is 0 Å². The number of hydrogen-bond donors (Lipinski definition) is 0. The highest BCUT2D eigenvalue weighted by molar-refractivity contribution is 6.02. The quantitative estimate of drug-likeness (QED) is 0.182. The van der Waals surface area contributed by atoms with Crippen molar-refractivity contribution < 1.29 is 23.9 Å². The van der Waals surface area contributed by atoms with E-state index in [4.69, 9.17) is 9.47 Å². The molecule has 6 heteroatoms. The van der Waals surface area contributed by atoms with Crippen LogP contribution in [0.15, 0.2) is 109 Å². The fourth-order valence-electron chi connectivity index (χ4n) is 4.69. The Balaban J connectivity index is 1.23. The average molecular weight is 520 g/mol. The molecule has 1 heterocycles. The Morgan fingerprint density at radius 2 is 1.49 bits per heavy atom. The number of carbonyl (C=O) groups is 3. The summed E-state index contributed by atoms with van der Waals surface area (Å²) in [5.41, 5.74) is 3.21. The first-order valence-electron chi connectivity index (χ1n) is 13.1. The number of esters is 1. The molecule has 1 amide bonds. The summed E-state index contributed by atoms with van der Waals surface area (Å²) in [5.74, 6) is -0.204. The lowest BCUT2D eigenvalue weighted by Gasteiger charge is -2.19. The Labute approximate surface area is 227 Å². The number of ether oxygens (including phenoxy) is 2. The predicted molar refractivity (Wildman–Crippen MR) is 150 cm³/mol. The van der Waals surface area contributed by atoms with Crippen LogP contribution >= 0.6 is 0 Å². The fourth-order valence-corrected chi connectivity index (χ4v) is 4.69. The number of rotatable bonds is 9. The van der Waals surface area contributed by atoms with Gasteiger partial charge in [-0.25, -0.2) is 0 Å². The van der Waals surface area contributed by atoms with Gasteiger partial charge in [0.15, 0.2) is 6.10 Å². The minimum Gasteiger partial charge on any atom is -0.457 e. The highest BCUT2D eigenvalue weighted by Crippen LogP contribution is 2.34. The van der Waals surface area contributed by atoms with Crippen LogP contribution in [0.4, 0.5) is 5.69 Å². The summed E-state index contributed by atoms with van der Waals surface area (Å²) in [6, 6.07) is 33.8. The van der Waals surface area contributed by atoms with E-state index in [0.717, 1.165) is 16.9 Å². The number of nitrogens with zero attached hydrogens (tertiary/aromatic N) is 1. The molecule has 0 unspecified atom stereocenters. The number of benzene rings is 4. The largest absolute Gasteiger partial charge is 0.457 e. The first-order chi connectivity index (χ1) is 19.0. The summed E-state index contributed by atoms with van der Waals surface area (Å²) in [7, 11) is 0. The van der Waals surface area contributed by atoms with Crippen molar-refractivity contribution in [2.75, 3.05) is 11.4 Å². The van der Waals surface area contributed by atoms with Gasteiger partial charge in [-0.05, 0) is 42.3 Å². The van der Waals surface area contributed by atoms with Gasteiger partial charge in [0.2, 0.25) is 11.7 Å². The molecule has 4 aromatic rings. The molecule has 0 saturated carbocycles. The van der Waals surface area contributed by atoms with Gasteiger partial charge < -0.3 is 14.4 Å². The Morgan fingerprint density at radius 3 is 2.18 bits per heavy atom. The molecule has 1 fully saturated rings. The molecule has 6 nitrogen and oxygen atoms in total. The van der Waals surface area contributed by atoms with E-state index in [9.17, 15) is 14.4 Å². The summed E-state index contributed by atoms with van der Waals surface area (Å²) in [6.45, 7) is 2.00. The molecular weight excluding hydrogens is 490 g/mol. The molecule has 2 atom stereocenters. The van der Waals surface area contributed by atoms with Crippen LogP contribution in [0.5, 0.6) is 11.5 Å². The van der Waals surface area contributed by atoms with Gasteiger partial charge in [0.05, 0.1) is 5.92 Å². The zero-order valence-corrected chi connectivity index (χ0v) is 21.7. The van der Waals surface area contributed by atoms with E-state index in [0.29, 0.717) is 23.4 Å². The standard InChI is InChI=1S/C33H29NO5/c1-2-29(32(36)24-13-7-4-8-14-24)39-33(37)25-21-31(35)34(22-25)26-17-19-27(20-18-26)38-30-16-10-9-15-28(30)23-11-5-3-6-12-23/h3-20,25,29H,2,21-22H2,1H3/t25-,29-/m1/s1. The maximum Gasteiger partial charge on any atom is 0.312 e. The Kier molecular flexibility index (Phi) is 7.83. The number of hydrogen-bond acceptors (Lipinski definition) is 5. The normalized spacial score (nSPS) is 15.6. The Morgan fingerprint density at radius 1 is 0.846 bits per heavy atom. The molecule has 1 saturated heterocycles. The molecule has 5 rings (SSSR count). The second kappa shape index (κ2) is 11.8. The lowest BCUT2D eigenvalue weighted by molar-refractivity contribution is -0.151. The minimum atomic E-state index is -0.876. The van der Waals surface area contributed by atoms with E-state index in [-0.39, 0.29) is 24.7 Å². The number of Topliss-reactive ketones (excluding diaryl/α,β-unsaturated/α-hetero) is 1. The summed E-state index contributed by atoms with van der Waals surface area (Å²) < 4.78 is 11.8. The molecule has 39 heavy (non-hydrogen) atoms. The van der Waals surface area contributed by atoms with E-state index in [1.54, 1.807) is 48.2 Å². The summed E-state index contributed by atoms with van der Waals surface area (Å²) in [5, 5.41) is 0. The van der Waals surface area contributed by atoms with Gasteiger partial charge in [0.1, 0.15) is 11.5 Å². The van der Waals surface area contributed by atoms with Gasteiger partial charge in [-0.2, -0.15) is 0 Å². The zero-order chi connectivity index (χ0) is 27.2. The van der Waals surface area contributed by atoms with Gasteiger partial charge in [-0.3, -0.25) is 14.4 Å². The Hall–Kier alpha value is -4.71. The van der Waals surface area contributed by atoms with Crippen molar-refractivity contribution >= 4 is 23.3 Å². The summed E-state index contributed by atoms with van der Waals surface area (Å²) >= 11 is 0. The summed E-state index contributed by atoms with van der Waals surface area (Å²) in [4.78, 5) is 40.1. The zero-order valence-electron chi connectivity index (χ0n) is 21.7. The van der Waals surface area contributed by atoms with Crippen molar-refractivity contribution in [3.8, 4) is 22.6 Å². The molecule has 0 spiro atoms. The lowest BCUT2D eigenvalue weighted by Crippen LogP contribution is -2.31. The van der Waals surface area contributed by atoms with Crippen LogP contribution < -0.4 is 9.64 Å². The van der Waals surface area contributed by atoms with Crippen molar-refractivity contribution in [1.29, 1.82) is 0 Å². The second-order valence-corrected chi connectivity index (χ2v) is 9.43. The molecule has 1 aliphatic rings. The van der Waals surface area contributed by atoms with E-state index < -0.39 is 18.0 Å². The third-order valence-corrected chi connectivity index (χ3v) is 6.79. The molecule has 0 bridgehead atoms. The molecule has 1 aliphatic heterocycles. The predicted octanol–water partition coefficient (Wildman–Crippen LogP) is 6.70. The van der Waals surface area contributed by atoms with Gasteiger partial charge in [-0.1, -0.05) is 85.8 Å². The van der Waals surface area contributed by atoms with Crippen molar-refractivity contribution in [2.24, 2.45) is 5.92 Å². The molecule has 0 aliphatic carbocycles. The smallest absolute Gasteiger partial charge is 0.312 e. The third-order valence-electron chi connectivity index (χ3n) is 6.79. The van der Waals surface area contributed by atoms with Gasteiger partial charge >= 0.3 is 5.97 Å². The van der Waals surface area contributed by atoms with E-state index >= 15 is 0 Å². The average Bonchev–Trinajstić information content (AvgIpc) is 3.38. The second-order valence-electron chi connectivity index (χ2n) is 9.43. The number of amides is 1. The van der Waals surface area contributed by atoms with Crippen LogP contribution in [0.25, 0.3) is 11.1 Å². The highest BCUT2D eigenvalue weighted by atomic mass is 16.5. The topological polar surface area (TPSA) is 72.9 Å². The number of ketones is 1. The molecular formula is C33H29NO5. The van der Waals surface area contributed by atoms with Crippen LogP contribution in [-0.4, -0.2) is 30.3 Å². The first-order valence-corrected chi connectivity index (χ1v) is 13.1. The highest BCUT2D eigenvalue weighted by Gasteiger charge is 2.37. The van der Waals surface area contributed by atoms with Crippen molar-refractivity contribution in [3.05, 3.63) is 115 Å². The molecule has 0 aromatic heterocycles. The number of anilines is 1. The van der Waals surface area contributed by atoms with Crippen LogP contribution in [0.3, 0.4) is 0 Å². The summed E-state index contributed by atoms with van der Waals surface area (Å²) in [6.07, 6.45) is -0.477. The number of carbonyl (C=O) groups excluding carboxylic acids is 3. The van der Waals surface area contributed by atoms with Crippen LogP contribution in [0.2, 0.25) is 0 Å². The first kappa shape index (κ1) is 25.9. The molecule has 196 valence electrons. The third kappa shape index (κ3) is 5.91. The lowest BCUT2D eigenvalue weighted by atomic mass is 10.0. The number of para-hydroxylation sites is 1. The molecule has 0 radical (unpaired) electrons. The van der Waals surface area contributed by atoms with Crippen LogP contribution in [0, 0.1) is 5.92 Å². The van der Waals surface area contributed by atoms with Crippen LogP contribution in [0.1, 0.15) is 30.1 Å². The molecule has 0 N–H and O–H groups in total. The monoisotopic (exact) mass is 519 g/mol. The minimum absolute atomic E-state index is 0.0392. The molecule has 4 aromatic carbocycles. The van der Waals surface area contributed by atoms with E-state index in [1.165, 1.54) is 0 Å². The van der Waals surface area contributed by atoms with Crippen molar-refractivity contribution in [2.45, 2.75) is 25.9 Å². The van der Waals surface area contributed by atoms with Crippen molar-refractivity contribution in [1.82, 2.24) is 0 Å². The van der Waals surface area contributed by atoms with Crippen LogP contribution in [-0.2, 0) is 14.3 Å². The maximum atomic E-state index is 12.9. The van der Waals surface area contributed by atoms with E-state index in [2.05, 4.69) is 0 Å². The fraction of sp³-hybridized carbons (Fsp3) is 0.182. The van der Waals surface area contributed by atoms with Gasteiger partial charge in [-0.15, -0.1) is 0 Å². The van der Waals surface area contributed by atoms with E-state index in [1.807, 2.05) is 72.8 Å². The van der Waals surface area contributed by atoms with Crippen molar-refractivity contribution in [3.63, 3.8) is 0 Å². The maximum absolute atomic E-state index is 12.9. The van der Waals surface area contributed by atoms with Gasteiger partial charge in [0, 0.05) is 29.8 Å². The SMILES string of the molecule is CC[C@@H](OC(=O)[C@@H]1CC(=O)N(c2ccc(Oc3ccccc3-c3ccccc3)cc2)C1)C(=O)c1ccccc1.